The van der Waals surface area contributed by atoms with E-state index in [0.717, 1.165) is 22.2 Å². The third-order valence-electron chi connectivity index (χ3n) is 6.17. The first-order valence-corrected chi connectivity index (χ1v) is 12.4. The summed E-state index contributed by atoms with van der Waals surface area (Å²) in [5, 5.41) is 6.71. The number of amides is 2. The number of piperidine rings is 1. The van der Waals surface area contributed by atoms with E-state index in [9.17, 15) is 18.0 Å². The second-order valence-electron chi connectivity index (χ2n) is 8.49. The maximum atomic E-state index is 13.0. The molecule has 1 aromatic heterocycles. The fraction of sp³-hybridized carbons (Fsp3) is 0.333. The summed E-state index contributed by atoms with van der Waals surface area (Å²) in [6, 6.07) is 11.7. The quantitative estimate of drug-likeness (QED) is 0.533. The normalized spacial score (nSPS) is 15.5. The molecule has 8 nitrogen and oxygen atoms in total. The lowest BCUT2D eigenvalue weighted by Crippen LogP contribution is -2.46. The zero-order valence-electron chi connectivity index (χ0n) is 18.9. The molecule has 0 radical (unpaired) electrons. The van der Waals surface area contributed by atoms with Gasteiger partial charge in [0, 0.05) is 53.9 Å². The Bertz CT molecular complexity index is 1300. The van der Waals surface area contributed by atoms with E-state index in [0.29, 0.717) is 37.2 Å². The van der Waals surface area contributed by atoms with Gasteiger partial charge in [-0.1, -0.05) is 0 Å². The number of nitrogens with zero attached hydrogens (tertiary/aromatic N) is 1. The van der Waals surface area contributed by atoms with Gasteiger partial charge in [-0.2, -0.15) is 4.31 Å². The maximum Gasteiger partial charge on any atom is 0.251 e. The third-order valence-corrected chi connectivity index (χ3v) is 8.08. The molecule has 3 N–H and O–H groups in total. The van der Waals surface area contributed by atoms with Crippen LogP contribution in [-0.4, -0.2) is 48.7 Å². The first-order chi connectivity index (χ1) is 15.6. The van der Waals surface area contributed by atoms with E-state index in [-0.39, 0.29) is 22.8 Å². The van der Waals surface area contributed by atoms with Crippen molar-refractivity contribution in [1.29, 1.82) is 0 Å². The van der Waals surface area contributed by atoms with E-state index in [2.05, 4.69) is 15.6 Å². The number of aryl methyl sites for hydroxylation is 2. The minimum atomic E-state index is -3.63. The molecule has 174 valence electrons. The fourth-order valence-electron chi connectivity index (χ4n) is 4.17. The fourth-order valence-corrected chi connectivity index (χ4v) is 5.64. The summed E-state index contributed by atoms with van der Waals surface area (Å²) in [6.07, 6.45) is 1.08. The lowest BCUT2D eigenvalue weighted by Gasteiger charge is -2.31. The van der Waals surface area contributed by atoms with Crippen molar-refractivity contribution in [3.8, 4) is 0 Å². The predicted octanol–water partition coefficient (Wildman–Crippen LogP) is 3.33. The van der Waals surface area contributed by atoms with Crippen molar-refractivity contribution in [3.05, 3.63) is 59.3 Å². The summed E-state index contributed by atoms with van der Waals surface area (Å²) < 4.78 is 27.4. The van der Waals surface area contributed by atoms with Crippen LogP contribution in [0.15, 0.2) is 47.4 Å². The number of nitrogens with one attached hydrogen (secondary N) is 3. The van der Waals surface area contributed by atoms with Crippen LogP contribution in [0.2, 0.25) is 0 Å². The largest absolute Gasteiger partial charge is 0.358 e. The van der Waals surface area contributed by atoms with Gasteiger partial charge >= 0.3 is 0 Å². The molecule has 1 aliphatic heterocycles. The number of benzene rings is 2. The number of aromatic amines is 1. The monoisotopic (exact) mass is 468 g/mol. The highest BCUT2D eigenvalue weighted by molar-refractivity contribution is 7.89. The number of carbonyl (C=O) groups excluding carboxylic acids is 2. The second kappa shape index (κ2) is 8.99. The first kappa shape index (κ1) is 23.0. The number of H-pyrrole nitrogens is 1. The summed E-state index contributed by atoms with van der Waals surface area (Å²) >= 11 is 0. The summed E-state index contributed by atoms with van der Waals surface area (Å²) in [5.74, 6) is -0.363. The van der Waals surface area contributed by atoms with Crippen molar-refractivity contribution in [2.45, 2.75) is 44.6 Å². The molecular weight excluding hydrogens is 440 g/mol. The van der Waals surface area contributed by atoms with Gasteiger partial charge in [-0.15, -0.1) is 0 Å². The SMILES string of the molecule is CC(=O)Nc1ccc(S(=O)(=O)N2CCC(NC(=O)c3ccc4[nH]c(C)c(C)c4c3)CC2)cc1. The van der Waals surface area contributed by atoms with Gasteiger partial charge in [0.2, 0.25) is 15.9 Å². The molecule has 0 bridgehead atoms. The molecule has 3 aromatic rings. The van der Waals surface area contributed by atoms with Crippen molar-refractivity contribution >= 4 is 38.4 Å². The number of hydrogen-bond donors (Lipinski definition) is 3. The number of rotatable bonds is 5. The summed E-state index contributed by atoms with van der Waals surface area (Å²) in [7, 11) is -3.63. The molecule has 0 spiro atoms. The Kier molecular flexibility index (Phi) is 6.27. The van der Waals surface area contributed by atoms with Crippen molar-refractivity contribution in [3.63, 3.8) is 0 Å². The maximum absolute atomic E-state index is 13.0. The Hall–Kier alpha value is -3.17. The molecule has 2 heterocycles. The molecule has 0 saturated carbocycles. The van der Waals surface area contributed by atoms with Gasteiger partial charge in [-0.3, -0.25) is 9.59 Å². The van der Waals surface area contributed by atoms with Crippen molar-refractivity contribution in [2.24, 2.45) is 0 Å². The van der Waals surface area contributed by atoms with Gasteiger partial charge in [-0.05, 0) is 74.7 Å². The lowest BCUT2D eigenvalue weighted by atomic mass is 10.0. The molecule has 1 fully saturated rings. The Morgan fingerprint density at radius 2 is 1.70 bits per heavy atom. The molecule has 2 aromatic carbocycles. The molecule has 2 amide bonds. The number of fused-ring (bicyclic) bond motifs is 1. The first-order valence-electron chi connectivity index (χ1n) is 10.9. The molecule has 9 heteroatoms. The van der Waals surface area contributed by atoms with Crippen LogP contribution >= 0.6 is 0 Å². The zero-order valence-corrected chi connectivity index (χ0v) is 19.8. The third kappa shape index (κ3) is 4.79. The van der Waals surface area contributed by atoms with E-state index in [1.54, 1.807) is 18.2 Å². The van der Waals surface area contributed by atoms with Crippen LogP contribution in [0.4, 0.5) is 5.69 Å². The van der Waals surface area contributed by atoms with Crippen LogP contribution in [0.25, 0.3) is 10.9 Å². The Morgan fingerprint density at radius 1 is 1.03 bits per heavy atom. The van der Waals surface area contributed by atoms with E-state index >= 15 is 0 Å². The number of aromatic nitrogens is 1. The van der Waals surface area contributed by atoms with Gasteiger partial charge in [0.1, 0.15) is 0 Å². The molecule has 0 atom stereocenters. The lowest BCUT2D eigenvalue weighted by molar-refractivity contribution is -0.114. The van der Waals surface area contributed by atoms with Crippen LogP contribution < -0.4 is 10.6 Å². The van der Waals surface area contributed by atoms with E-state index in [1.807, 2.05) is 26.0 Å². The molecule has 1 saturated heterocycles. The zero-order chi connectivity index (χ0) is 23.8. The van der Waals surface area contributed by atoms with Gasteiger partial charge in [0.05, 0.1) is 4.90 Å². The summed E-state index contributed by atoms with van der Waals surface area (Å²) in [4.78, 5) is 27.4. The van der Waals surface area contributed by atoms with Gasteiger partial charge in [0.25, 0.3) is 5.91 Å². The average Bonchev–Trinajstić information content (AvgIpc) is 3.07. The number of hydrogen-bond acceptors (Lipinski definition) is 4. The topological polar surface area (TPSA) is 111 Å². The Labute approximate surface area is 193 Å². The summed E-state index contributed by atoms with van der Waals surface area (Å²) in [5.41, 5.74) is 4.36. The Balaban J connectivity index is 1.37. The van der Waals surface area contributed by atoms with Crippen LogP contribution in [0, 0.1) is 13.8 Å². The highest BCUT2D eigenvalue weighted by Crippen LogP contribution is 2.24. The molecule has 4 rings (SSSR count). The molecular formula is C24H28N4O4S. The number of carbonyl (C=O) groups is 2. The molecule has 33 heavy (non-hydrogen) atoms. The minimum absolute atomic E-state index is 0.0872. The average molecular weight is 469 g/mol. The second-order valence-corrected chi connectivity index (χ2v) is 10.4. The minimum Gasteiger partial charge on any atom is -0.358 e. The van der Waals surface area contributed by atoms with Gasteiger partial charge in [0.15, 0.2) is 0 Å². The molecule has 1 aliphatic rings. The standard InChI is InChI=1S/C24H28N4O4S/c1-15-16(2)25-23-9-4-18(14-22(15)23)24(30)27-20-10-12-28(13-11-20)33(31,32)21-7-5-19(6-8-21)26-17(3)29/h4-9,14,20,25H,10-13H2,1-3H3,(H,26,29)(H,27,30). The predicted molar refractivity (Wildman–Crippen MR) is 128 cm³/mol. The van der Waals surface area contributed by atoms with Crippen LogP contribution in [0.5, 0.6) is 0 Å². The summed E-state index contributed by atoms with van der Waals surface area (Å²) in [6.45, 7) is 6.09. The molecule has 0 unspecified atom stereocenters. The van der Waals surface area contributed by atoms with Crippen LogP contribution in [-0.2, 0) is 14.8 Å². The number of sulfonamides is 1. The van der Waals surface area contributed by atoms with Crippen molar-refractivity contribution in [1.82, 2.24) is 14.6 Å². The van der Waals surface area contributed by atoms with Gasteiger partial charge < -0.3 is 15.6 Å². The van der Waals surface area contributed by atoms with Crippen molar-refractivity contribution in [2.75, 3.05) is 18.4 Å². The van der Waals surface area contributed by atoms with E-state index in [4.69, 9.17) is 0 Å². The smallest absolute Gasteiger partial charge is 0.251 e. The van der Waals surface area contributed by atoms with E-state index < -0.39 is 10.0 Å². The van der Waals surface area contributed by atoms with Crippen LogP contribution in [0.1, 0.15) is 41.4 Å². The van der Waals surface area contributed by atoms with Gasteiger partial charge in [-0.25, -0.2) is 8.42 Å². The highest BCUT2D eigenvalue weighted by Gasteiger charge is 2.30. The van der Waals surface area contributed by atoms with Crippen LogP contribution in [0.3, 0.4) is 0 Å². The van der Waals surface area contributed by atoms with Crippen molar-refractivity contribution < 1.29 is 18.0 Å². The Morgan fingerprint density at radius 3 is 2.33 bits per heavy atom. The highest BCUT2D eigenvalue weighted by atomic mass is 32.2. The van der Waals surface area contributed by atoms with E-state index in [1.165, 1.54) is 23.4 Å². The number of anilines is 1. The molecule has 0 aliphatic carbocycles.